The van der Waals surface area contributed by atoms with Gasteiger partial charge in [-0.25, -0.2) is 9.97 Å². The molecule has 0 amide bonds. The first-order chi connectivity index (χ1) is 30.1. The Kier molecular flexibility index (Phi) is 15.1. The molecule has 0 spiro atoms. The largest absolute Gasteiger partial charge is 0.493 e. The highest BCUT2D eigenvalue weighted by Gasteiger charge is 2.19. The van der Waals surface area contributed by atoms with Crippen LogP contribution >= 0.6 is 31.9 Å². The lowest BCUT2D eigenvalue weighted by atomic mass is 10.0. The van der Waals surface area contributed by atoms with E-state index in [1.54, 1.807) is 0 Å². The van der Waals surface area contributed by atoms with Gasteiger partial charge in [0.05, 0.1) is 81.0 Å². The molecule has 2 aliphatic heterocycles. The standard InChI is InChI=1S/C48H48Br2N4O8/c1-3-23-59-33(27-43(55)56)21-25-61-31-9-5-29(6-10-31)45-35-13-17-39(51-35)47(49)41-19-15-37(53-41)46(38-16-20-42(54-38)48(50)40-18-14-36(45)52-40)30-7-11-32(12-8-30)62-26-22-34(28-44(57)58)60-24-4-2/h5-20,33-34,51,54H,3-4,21-28H2,1-2H3,(H,55,56)(H,57,58). The predicted molar refractivity (Wildman–Crippen MR) is 250 cm³/mol. The molecule has 3 aromatic heterocycles. The highest BCUT2D eigenvalue weighted by Crippen LogP contribution is 2.37. The number of carbonyl (C=O) groups is 2. The fourth-order valence-corrected chi connectivity index (χ4v) is 8.15. The van der Waals surface area contributed by atoms with E-state index in [0.717, 1.165) is 88.9 Å². The third kappa shape index (κ3) is 11.1. The summed E-state index contributed by atoms with van der Waals surface area (Å²) in [7, 11) is 0. The summed E-state index contributed by atoms with van der Waals surface area (Å²) in [5.41, 5.74) is 10.1. The van der Waals surface area contributed by atoms with Crippen LogP contribution < -0.4 is 9.47 Å². The van der Waals surface area contributed by atoms with Crippen molar-refractivity contribution in [2.24, 2.45) is 0 Å². The van der Waals surface area contributed by atoms with Crippen LogP contribution in [0.15, 0.2) is 81.7 Å². The van der Waals surface area contributed by atoms with Gasteiger partial charge in [-0.05, 0) is 129 Å². The van der Waals surface area contributed by atoms with E-state index in [0.29, 0.717) is 50.8 Å². The number of hydrogen-bond donors (Lipinski definition) is 4. The average Bonchev–Trinajstić information content (AvgIpc) is 4.11. The average molecular weight is 969 g/mol. The van der Waals surface area contributed by atoms with Crippen molar-refractivity contribution in [3.8, 4) is 33.8 Å². The zero-order valence-corrected chi connectivity index (χ0v) is 37.6. The molecule has 0 saturated carbocycles. The third-order valence-electron chi connectivity index (χ3n) is 10.2. The van der Waals surface area contributed by atoms with Crippen LogP contribution in [0.1, 0.15) is 75.1 Å². The Morgan fingerprint density at radius 1 is 0.548 bits per heavy atom. The maximum Gasteiger partial charge on any atom is 0.305 e. The smallest absolute Gasteiger partial charge is 0.305 e. The molecular formula is C48H48Br2N4O8. The molecule has 2 atom stereocenters. The highest BCUT2D eigenvalue weighted by atomic mass is 79.9. The quantitative estimate of drug-likeness (QED) is 0.0577. The second-order valence-corrected chi connectivity index (χ2v) is 16.5. The molecule has 12 nitrogen and oxygen atoms in total. The van der Waals surface area contributed by atoms with Crippen molar-refractivity contribution >= 4 is 90.2 Å². The van der Waals surface area contributed by atoms with E-state index < -0.39 is 24.1 Å². The number of carboxylic acids is 2. The van der Waals surface area contributed by atoms with Crippen molar-refractivity contribution in [3.05, 3.63) is 105 Å². The minimum absolute atomic E-state index is 0.0642. The molecule has 322 valence electrons. The molecule has 62 heavy (non-hydrogen) atoms. The van der Waals surface area contributed by atoms with E-state index in [9.17, 15) is 19.8 Å². The van der Waals surface area contributed by atoms with Crippen molar-refractivity contribution in [1.82, 2.24) is 19.9 Å². The van der Waals surface area contributed by atoms with Gasteiger partial charge in [0.1, 0.15) is 11.5 Å². The number of benzene rings is 2. The molecule has 14 heteroatoms. The minimum atomic E-state index is -0.892. The van der Waals surface area contributed by atoms with Gasteiger partial charge in [0.2, 0.25) is 0 Å². The number of rotatable bonds is 20. The summed E-state index contributed by atoms with van der Waals surface area (Å²) < 4.78 is 25.1. The number of H-pyrrole nitrogens is 2. The first-order valence-electron chi connectivity index (χ1n) is 20.7. The second kappa shape index (κ2) is 21.0. The zero-order valence-electron chi connectivity index (χ0n) is 34.5. The molecule has 2 aliphatic rings. The number of halogens is 2. The minimum Gasteiger partial charge on any atom is -0.493 e. The summed E-state index contributed by atoms with van der Waals surface area (Å²) in [6, 6.07) is 23.7. The Labute approximate surface area is 376 Å². The molecule has 4 N–H and O–H groups in total. The van der Waals surface area contributed by atoms with Crippen molar-refractivity contribution in [1.29, 1.82) is 0 Å². The van der Waals surface area contributed by atoms with E-state index in [1.807, 2.05) is 111 Å². The van der Waals surface area contributed by atoms with Gasteiger partial charge in [-0.3, -0.25) is 9.59 Å². The molecule has 5 heterocycles. The van der Waals surface area contributed by atoms with Crippen LogP contribution in [0.2, 0.25) is 0 Å². The second-order valence-electron chi connectivity index (χ2n) is 14.9. The first-order valence-corrected chi connectivity index (χ1v) is 22.3. The Bertz CT molecular complexity index is 2440. The number of fused-ring (bicyclic) bond motifs is 8. The van der Waals surface area contributed by atoms with Crippen molar-refractivity contribution in [2.75, 3.05) is 26.4 Å². The summed E-state index contributed by atoms with van der Waals surface area (Å²) in [4.78, 5) is 40.1. The zero-order chi connectivity index (χ0) is 43.6. The Balaban J connectivity index is 1.22. The van der Waals surface area contributed by atoms with E-state index in [1.165, 1.54) is 0 Å². The van der Waals surface area contributed by atoms with Gasteiger partial charge < -0.3 is 39.1 Å². The van der Waals surface area contributed by atoms with Crippen LogP contribution in [0.4, 0.5) is 0 Å². The first kappa shape index (κ1) is 44.5. The molecule has 2 aromatic carbocycles. The molecule has 0 radical (unpaired) electrons. The lowest BCUT2D eigenvalue weighted by molar-refractivity contribution is -0.141. The third-order valence-corrected chi connectivity index (χ3v) is 11.9. The van der Waals surface area contributed by atoms with E-state index in [4.69, 9.17) is 28.9 Å². The Morgan fingerprint density at radius 2 is 0.919 bits per heavy atom. The lowest BCUT2D eigenvalue weighted by Gasteiger charge is -2.16. The summed E-state index contributed by atoms with van der Waals surface area (Å²) >= 11 is 7.71. The Morgan fingerprint density at radius 3 is 1.29 bits per heavy atom. The number of aliphatic carboxylic acids is 2. The highest BCUT2D eigenvalue weighted by molar-refractivity contribution is 9.11. The summed E-state index contributed by atoms with van der Waals surface area (Å²) in [5.74, 6) is -0.451. The van der Waals surface area contributed by atoms with Crippen LogP contribution in [0.25, 0.3) is 68.6 Å². The van der Waals surface area contributed by atoms with Crippen LogP contribution in [0, 0.1) is 0 Å². The maximum atomic E-state index is 11.3. The van der Waals surface area contributed by atoms with Crippen molar-refractivity contribution in [2.45, 2.75) is 64.6 Å². The van der Waals surface area contributed by atoms with Crippen molar-refractivity contribution in [3.63, 3.8) is 0 Å². The molecule has 0 aliphatic carbocycles. The fourth-order valence-electron chi connectivity index (χ4n) is 7.24. The number of nitrogens with one attached hydrogen (secondary N) is 2. The van der Waals surface area contributed by atoms with Crippen LogP contribution in [-0.2, 0) is 19.1 Å². The van der Waals surface area contributed by atoms with Gasteiger partial charge in [0.15, 0.2) is 0 Å². The molecule has 2 unspecified atom stereocenters. The monoisotopic (exact) mass is 966 g/mol. The molecule has 0 saturated heterocycles. The number of hydrogen-bond acceptors (Lipinski definition) is 8. The molecule has 5 aromatic rings. The fraction of sp³-hybridized carbons (Fsp3) is 0.292. The summed E-state index contributed by atoms with van der Waals surface area (Å²) in [5, 5.41) is 18.6. The summed E-state index contributed by atoms with van der Waals surface area (Å²) in [6.45, 7) is 5.65. The SMILES string of the molecule is CCCOC(CCOc1ccc(-c2c3nc(c(Br)c4ccc([nH]4)c(-c4ccc(OCCC(CC(=O)O)OCCC)cc4)c4nc(c(Br)c5ccc2[nH]5)C=C4)C=C3)cc1)CC(=O)O. The van der Waals surface area contributed by atoms with Gasteiger partial charge in [0, 0.05) is 48.2 Å². The van der Waals surface area contributed by atoms with Gasteiger partial charge in [0.25, 0.3) is 0 Å². The van der Waals surface area contributed by atoms with Gasteiger partial charge in [-0.15, -0.1) is 0 Å². The van der Waals surface area contributed by atoms with E-state index in [2.05, 4.69) is 41.8 Å². The number of nitrogens with zero attached hydrogens (tertiary/aromatic N) is 2. The molecule has 0 fully saturated rings. The molecule has 8 bridgehead atoms. The normalized spacial score (nSPS) is 13.0. The van der Waals surface area contributed by atoms with Crippen LogP contribution in [-0.4, -0.2) is 80.7 Å². The Hall–Kier alpha value is -5.54. The van der Waals surface area contributed by atoms with Gasteiger partial charge >= 0.3 is 11.9 Å². The number of aromatic amines is 2. The molecule has 7 rings (SSSR count). The number of ether oxygens (including phenoxy) is 4. The van der Waals surface area contributed by atoms with Crippen LogP contribution in [0.5, 0.6) is 11.5 Å². The topological polar surface area (TPSA) is 169 Å². The lowest BCUT2D eigenvalue weighted by Crippen LogP contribution is -2.21. The number of carboxylic acid groups (broad SMARTS) is 2. The number of aromatic nitrogens is 4. The molecular weight excluding hydrogens is 920 g/mol. The summed E-state index contributed by atoms with van der Waals surface area (Å²) in [6.07, 6.45) is 9.61. The van der Waals surface area contributed by atoms with Gasteiger partial charge in [-0.1, -0.05) is 38.1 Å². The van der Waals surface area contributed by atoms with E-state index in [-0.39, 0.29) is 12.8 Å². The maximum absolute atomic E-state index is 11.3. The van der Waals surface area contributed by atoms with Gasteiger partial charge in [-0.2, -0.15) is 0 Å². The van der Waals surface area contributed by atoms with Crippen molar-refractivity contribution < 1.29 is 38.7 Å². The van der Waals surface area contributed by atoms with E-state index >= 15 is 0 Å². The predicted octanol–water partition coefficient (Wildman–Crippen LogP) is 11.6. The van der Waals surface area contributed by atoms with Crippen LogP contribution in [0.3, 0.4) is 0 Å².